The van der Waals surface area contributed by atoms with Gasteiger partial charge in [0.1, 0.15) is 11.4 Å². The smallest absolute Gasteiger partial charge is 0.354 e. The van der Waals surface area contributed by atoms with Crippen LogP contribution in [0.1, 0.15) is 37.7 Å². The number of aromatic nitrogens is 1. The standard InChI is InChI=1S/C20H26F3N5O/c1-26(19(15-24)7-3-2-4-8-19)18(29)14-27-9-11-28(12-10-27)17-6-5-16(13-25-17)20(21,22)23/h5-6,13H,2-4,7-12,14H2,1H3. The number of alkyl halides is 3. The number of carbonyl (C=O) groups is 1. The molecule has 1 aliphatic carbocycles. The highest BCUT2D eigenvalue weighted by Gasteiger charge is 2.39. The summed E-state index contributed by atoms with van der Waals surface area (Å²) >= 11 is 0. The average molecular weight is 409 g/mol. The van der Waals surface area contributed by atoms with Gasteiger partial charge in [0.2, 0.25) is 5.91 Å². The van der Waals surface area contributed by atoms with Crippen molar-refractivity contribution in [2.75, 3.05) is 44.7 Å². The van der Waals surface area contributed by atoms with Crippen LogP contribution < -0.4 is 4.90 Å². The Morgan fingerprint density at radius 2 is 1.86 bits per heavy atom. The Morgan fingerprint density at radius 3 is 2.38 bits per heavy atom. The van der Waals surface area contributed by atoms with E-state index in [0.717, 1.165) is 44.4 Å². The molecule has 2 fully saturated rings. The molecule has 29 heavy (non-hydrogen) atoms. The molecular weight excluding hydrogens is 383 g/mol. The van der Waals surface area contributed by atoms with Crippen LogP contribution in [0, 0.1) is 11.3 Å². The number of halogens is 3. The van der Waals surface area contributed by atoms with Gasteiger partial charge in [0.15, 0.2) is 0 Å². The lowest BCUT2D eigenvalue weighted by molar-refractivity contribution is -0.138. The largest absolute Gasteiger partial charge is 0.417 e. The number of nitriles is 1. The second kappa shape index (κ2) is 8.57. The van der Waals surface area contributed by atoms with Crippen molar-refractivity contribution in [1.82, 2.24) is 14.8 Å². The molecule has 3 rings (SSSR count). The van der Waals surface area contributed by atoms with Crippen LogP contribution in [-0.2, 0) is 11.0 Å². The molecule has 6 nitrogen and oxygen atoms in total. The van der Waals surface area contributed by atoms with E-state index in [1.807, 2.05) is 9.80 Å². The van der Waals surface area contributed by atoms with Crippen molar-refractivity contribution in [3.8, 4) is 6.07 Å². The van der Waals surface area contributed by atoms with Crippen molar-refractivity contribution in [2.24, 2.45) is 0 Å². The van der Waals surface area contributed by atoms with Crippen LogP contribution in [0.25, 0.3) is 0 Å². The molecule has 0 spiro atoms. The van der Waals surface area contributed by atoms with Crippen LogP contribution >= 0.6 is 0 Å². The first-order valence-electron chi connectivity index (χ1n) is 9.94. The molecule has 1 saturated carbocycles. The maximum atomic E-state index is 12.8. The third kappa shape index (κ3) is 4.81. The zero-order valence-electron chi connectivity index (χ0n) is 16.6. The highest BCUT2D eigenvalue weighted by molar-refractivity contribution is 5.79. The topological polar surface area (TPSA) is 63.5 Å². The minimum atomic E-state index is -4.39. The zero-order valence-corrected chi connectivity index (χ0v) is 16.6. The van der Waals surface area contributed by atoms with E-state index in [1.165, 1.54) is 6.07 Å². The van der Waals surface area contributed by atoms with Crippen LogP contribution in [-0.4, -0.2) is 66.0 Å². The van der Waals surface area contributed by atoms with Crippen molar-refractivity contribution >= 4 is 11.7 Å². The molecular formula is C20H26F3N5O. The second-order valence-electron chi connectivity index (χ2n) is 7.82. The number of amides is 1. The van der Waals surface area contributed by atoms with Crippen molar-refractivity contribution in [2.45, 2.75) is 43.8 Å². The summed E-state index contributed by atoms with van der Waals surface area (Å²) < 4.78 is 38.0. The fourth-order valence-corrected chi connectivity index (χ4v) is 4.07. The van der Waals surface area contributed by atoms with Gasteiger partial charge in [-0.25, -0.2) is 4.98 Å². The fraction of sp³-hybridized carbons (Fsp3) is 0.650. The predicted molar refractivity (Wildman–Crippen MR) is 102 cm³/mol. The SMILES string of the molecule is CN(C(=O)CN1CCN(c2ccc(C(F)(F)F)cn2)CC1)C1(C#N)CCCCC1. The van der Waals surface area contributed by atoms with E-state index in [4.69, 9.17) is 0 Å². The first-order valence-corrected chi connectivity index (χ1v) is 9.94. The summed E-state index contributed by atoms with van der Waals surface area (Å²) in [6, 6.07) is 4.80. The van der Waals surface area contributed by atoms with E-state index in [1.54, 1.807) is 11.9 Å². The van der Waals surface area contributed by atoms with E-state index in [9.17, 15) is 23.2 Å². The fourth-order valence-electron chi connectivity index (χ4n) is 4.07. The van der Waals surface area contributed by atoms with Gasteiger partial charge in [-0.15, -0.1) is 0 Å². The van der Waals surface area contributed by atoms with E-state index in [0.29, 0.717) is 32.0 Å². The molecule has 0 aromatic carbocycles. The molecule has 2 aliphatic rings. The zero-order chi connectivity index (χ0) is 21.1. The van der Waals surface area contributed by atoms with Crippen LogP contribution in [0.2, 0.25) is 0 Å². The summed E-state index contributed by atoms with van der Waals surface area (Å²) in [7, 11) is 1.72. The number of likely N-dealkylation sites (N-methyl/N-ethyl adjacent to an activating group) is 1. The monoisotopic (exact) mass is 409 g/mol. The Kier molecular flexibility index (Phi) is 6.32. The molecule has 0 unspecified atom stereocenters. The van der Waals surface area contributed by atoms with Crippen LogP contribution in [0.5, 0.6) is 0 Å². The van der Waals surface area contributed by atoms with E-state index in [2.05, 4.69) is 11.1 Å². The average Bonchev–Trinajstić information content (AvgIpc) is 2.73. The lowest BCUT2D eigenvalue weighted by atomic mass is 9.81. The number of nitrogens with zero attached hydrogens (tertiary/aromatic N) is 5. The maximum Gasteiger partial charge on any atom is 0.417 e. The molecule has 1 saturated heterocycles. The first kappa shape index (κ1) is 21.4. The van der Waals surface area contributed by atoms with Crippen LogP contribution in [0.15, 0.2) is 18.3 Å². The molecule has 2 heterocycles. The van der Waals surface area contributed by atoms with Gasteiger partial charge in [0.05, 0.1) is 18.2 Å². The third-order valence-corrected chi connectivity index (χ3v) is 6.04. The molecule has 0 bridgehead atoms. The number of rotatable bonds is 4. The molecule has 0 radical (unpaired) electrons. The van der Waals surface area contributed by atoms with Gasteiger partial charge in [-0.3, -0.25) is 9.69 Å². The molecule has 0 atom stereocenters. The van der Waals surface area contributed by atoms with Crippen molar-refractivity contribution in [3.05, 3.63) is 23.9 Å². The Labute approximate surface area is 168 Å². The molecule has 9 heteroatoms. The summed E-state index contributed by atoms with van der Waals surface area (Å²) in [6.07, 6.45) is 0.930. The minimum Gasteiger partial charge on any atom is -0.354 e. The molecule has 158 valence electrons. The van der Waals surface area contributed by atoms with Crippen molar-refractivity contribution in [1.29, 1.82) is 5.26 Å². The van der Waals surface area contributed by atoms with E-state index >= 15 is 0 Å². The van der Waals surface area contributed by atoms with Crippen LogP contribution in [0.3, 0.4) is 0 Å². The highest BCUT2D eigenvalue weighted by Crippen LogP contribution is 2.32. The van der Waals surface area contributed by atoms with Gasteiger partial charge in [-0.05, 0) is 25.0 Å². The molecule has 1 aromatic heterocycles. The quantitative estimate of drug-likeness (QED) is 0.765. The third-order valence-electron chi connectivity index (χ3n) is 6.04. The number of hydrogen-bond acceptors (Lipinski definition) is 5. The lowest BCUT2D eigenvalue weighted by Crippen LogP contribution is -2.55. The highest BCUT2D eigenvalue weighted by atomic mass is 19.4. The Balaban J connectivity index is 1.53. The minimum absolute atomic E-state index is 0.0606. The first-order chi connectivity index (χ1) is 13.7. The number of pyridine rings is 1. The predicted octanol–water partition coefficient (Wildman–Crippen LogP) is 2.91. The van der Waals surface area contributed by atoms with Gasteiger partial charge in [0.25, 0.3) is 0 Å². The summed E-state index contributed by atoms with van der Waals surface area (Å²) in [4.78, 5) is 22.3. The number of hydrogen-bond donors (Lipinski definition) is 0. The summed E-state index contributed by atoms with van der Waals surface area (Å²) in [6.45, 7) is 2.63. The number of piperazine rings is 1. The molecule has 1 amide bonds. The van der Waals surface area contributed by atoms with Crippen LogP contribution in [0.4, 0.5) is 19.0 Å². The Hall–Kier alpha value is -2.34. The lowest BCUT2D eigenvalue weighted by Gasteiger charge is -2.41. The number of carbonyl (C=O) groups excluding carboxylic acids is 1. The van der Waals surface area contributed by atoms with Gasteiger partial charge in [-0.2, -0.15) is 18.4 Å². The Bertz CT molecular complexity index is 745. The van der Waals surface area contributed by atoms with Gasteiger partial charge in [0, 0.05) is 39.4 Å². The molecule has 1 aliphatic heterocycles. The summed E-state index contributed by atoms with van der Waals surface area (Å²) in [5.74, 6) is 0.446. The summed E-state index contributed by atoms with van der Waals surface area (Å²) in [5, 5.41) is 9.66. The van der Waals surface area contributed by atoms with E-state index < -0.39 is 17.3 Å². The molecule has 0 N–H and O–H groups in total. The van der Waals surface area contributed by atoms with Gasteiger partial charge >= 0.3 is 6.18 Å². The molecule has 1 aromatic rings. The Morgan fingerprint density at radius 1 is 1.21 bits per heavy atom. The number of anilines is 1. The normalized spacial score (nSPS) is 20.2. The summed E-state index contributed by atoms with van der Waals surface area (Å²) in [5.41, 5.74) is -1.45. The van der Waals surface area contributed by atoms with Gasteiger partial charge in [-0.1, -0.05) is 19.3 Å². The van der Waals surface area contributed by atoms with Gasteiger partial charge < -0.3 is 9.80 Å². The van der Waals surface area contributed by atoms with Crippen molar-refractivity contribution in [3.63, 3.8) is 0 Å². The van der Waals surface area contributed by atoms with Crippen molar-refractivity contribution < 1.29 is 18.0 Å². The van der Waals surface area contributed by atoms with E-state index in [-0.39, 0.29) is 12.5 Å². The maximum absolute atomic E-state index is 12.8. The second-order valence-corrected chi connectivity index (χ2v) is 7.82.